The lowest BCUT2D eigenvalue weighted by Gasteiger charge is -2.18. The Morgan fingerprint density at radius 2 is 2.00 bits per heavy atom. The first-order chi connectivity index (χ1) is 11.0. The largest absolute Gasteiger partial charge is 0.481 e. The average Bonchev–Trinajstić information content (AvgIpc) is 2.90. The van der Waals surface area contributed by atoms with Crippen LogP contribution < -0.4 is 10.6 Å². The standard InChI is InChI=1S/C16H20N4O3/c1-20-10-9-14(19-20)18-16(23)17-13(7-8-15(21)22)11-12-5-3-2-4-6-12/h2-6,9-10,13H,7-8,11H2,1H3,(H,21,22)(H2,17,18,19,23). The third-order valence-electron chi connectivity index (χ3n) is 3.32. The fourth-order valence-corrected chi connectivity index (χ4v) is 2.24. The van der Waals surface area contributed by atoms with Gasteiger partial charge in [-0.1, -0.05) is 30.3 Å². The van der Waals surface area contributed by atoms with Crippen LogP contribution in [-0.2, 0) is 18.3 Å². The highest BCUT2D eigenvalue weighted by molar-refractivity contribution is 5.88. The summed E-state index contributed by atoms with van der Waals surface area (Å²) in [5, 5.41) is 18.4. The molecule has 0 fully saturated rings. The SMILES string of the molecule is Cn1ccc(NC(=O)NC(CCC(=O)O)Cc2ccccc2)n1. The number of hydrogen-bond donors (Lipinski definition) is 3. The number of nitrogens with one attached hydrogen (secondary N) is 2. The molecule has 0 spiro atoms. The second-order valence-corrected chi connectivity index (χ2v) is 5.29. The number of anilines is 1. The zero-order chi connectivity index (χ0) is 16.7. The van der Waals surface area contributed by atoms with E-state index in [4.69, 9.17) is 5.11 Å². The Balaban J connectivity index is 1.95. The van der Waals surface area contributed by atoms with Gasteiger partial charge >= 0.3 is 12.0 Å². The van der Waals surface area contributed by atoms with Crippen LogP contribution in [0.25, 0.3) is 0 Å². The molecule has 0 aliphatic rings. The summed E-state index contributed by atoms with van der Waals surface area (Å²) >= 11 is 0. The first kappa shape index (κ1) is 16.5. The first-order valence-corrected chi connectivity index (χ1v) is 7.36. The van der Waals surface area contributed by atoms with Gasteiger partial charge in [0.2, 0.25) is 0 Å². The molecule has 2 aromatic rings. The fourth-order valence-electron chi connectivity index (χ4n) is 2.24. The molecule has 7 nitrogen and oxygen atoms in total. The van der Waals surface area contributed by atoms with Crippen LogP contribution in [0, 0.1) is 0 Å². The van der Waals surface area contributed by atoms with Gasteiger partial charge < -0.3 is 10.4 Å². The zero-order valence-corrected chi connectivity index (χ0v) is 12.9. The van der Waals surface area contributed by atoms with Crippen molar-refractivity contribution in [3.63, 3.8) is 0 Å². The van der Waals surface area contributed by atoms with Crippen LogP contribution in [0.3, 0.4) is 0 Å². The summed E-state index contributed by atoms with van der Waals surface area (Å²) in [4.78, 5) is 22.8. The van der Waals surface area contributed by atoms with Crippen molar-refractivity contribution in [3.05, 3.63) is 48.2 Å². The van der Waals surface area contributed by atoms with Gasteiger partial charge in [-0.25, -0.2) is 4.79 Å². The lowest BCUT2D eigenvalue weighted by molar-refractivity contribution is -0.137. The summed E-state index contributed by atoms with van der Waals surface area (Å²) < 4.78 is 1.58. The molecule has 1 aromatic carbocycles. The van der Waals surface area contributed by atoms with Crippen molar-refractivity contribution in [2.45, 2.75) is 25.3 Å². The molecule has 0 aliphatic heterocycles. The van der Waals surface area contributed by atoms with Crippen molar-refractivity contribution >= 4 is 17.8 Å². The Hall–Kier alpha value is -2.83. The van der Waals surface area contributed by atoms with Gasteiger partial charge in [0.25, 0.3) is 0 Å². The number of aromatic nitrogens is 2. The van der Waals surface area contributed by atoms with Gasteiger partial charge in [-0.15, -0.1) is 0 Å². The molecule has 0 bridgehead atoms. The van der Waals surface area contributed by atoms with E-state index in [1.807, 2.05) is 30.3 Å². The molecule has 7 heteroatoms. The van der Waals surface area contributed by atoms with E-state index < -0.39 is 12.0 Å². The Labute approximate surface area is 134 Å². The molecule has 0 saturated heterocycles. The van der Waals surface area contributed by atoms with Gasteiger partial charge in [-0.2, -0.15) is 5.10 Å². The maximum Gasteiger partial charge on any atom is 0.320 e. The second-order valence-electron chi connectivity index (χ2n) is 5.29. The minimum Gasteiger partial charge on any atom is -0.481 e. The molecule has 1 atom stereocenters. The van der Waals surface area contributed by atoms with E-state index in [-0.39, 0.29) is 12.5 Å². The monoisotopic (exact) mass is 316 g/mol. The number of urea groups is 1. The lowest BCUT2D eigenvalue weighted by atomic mass is 10.0. The van der Waals surface area contributed by atoms with Crippen molar-refractivity contribution in [2.75, 3.05) is 5.32 Å². The highest BCUT2D eigenvalue weighted by Gasteiger charge is 2.15. The molecule has 2 amide bonds. The summed E-state index contributed by atoms with van der Waals surface area (Å²) in [7, 11) is 1.76. The molecule has 1 heterocycles. The van der Waals surface area contributed by atoms with Crippen LogP contribution in [0.2, 0.25) is 0 Å². The fraction of sp³-hybridized carbons (Fsp3) is 0.312. The van der Waals surface area contributed by atoms with E-state index in [9.17, 15) is 9.59 Å². The van der Waals surface area contributed by atoms with Crippen molar-refractivity contribution in [1.82, 2.24) is 15.1 Å². The molecular weight excluding hydrogens is 296 g/mol. The van der Waals surface area contributed by atoms with Crippen LogP contribution in [0.15, 0.2) is 42.6 Å². The third-order valence-corrected chi connectivity index (χ3v) is 3.32. The van der Waals surface area contributed by atoms with Crippen LogP contribution in [-0.4, -0.2) is 32.9 Å². The number of aliphatic carboxylic acids is 1. The normalized spacial score (nSPS) is 11.7. The van der Waals surface area contributed by atoms with Crippen molar-refractivity contribution in [3.8, 4) is 0 Å². The molecule has 3 N–H and O–H groups in total. The zero-order valence-electron chi connectivity index (χ0n) is 12.9. The molecule has 2 rings (SSSR count). The predicted octanol–water partition coefficient (Wildman–Crippen LogP) is 2.02. The average molecular weight is 316 g/mol. The molecule has 0 aliphatic carbocycles. The van der Waals surface area contributed by atoms with E-state index in [1.54, 1.807) is 24.0 Å². The molecular formula is C16H20N4O3. The maximum atomic E-state index is 12.0. The number of rotatable bonds is 7. The summed E-state index contributed by atoms with van der Waals surface area (Å²) in [5.41, 5.74) is 1.04. The number of aryl methyl sites for hydroxylation is 1. The molecule has 23 heavy (non-hydrogen) atoms. The highest BCUT2D eigenvalue weighted by Crippen LogP contribution is 2.09. The Morgan fingerprint density at radius 1 is 1.26 bits per heavy atom. The van der Waals surface area contributed by atoms with Gasteiger partial charge in [-0.05, 0) is 18.4 Å². The minimum atomic E-state index is -0.880. The van der Waals surface area contributed by atoms with Gasteiger partial charge in [-0.3, -0.25) is 14.8 Å². The van der Waals surface area contributed by atoms with Crippen LogP contribution >= 0.6 is 0 Å². The van der Waals surface area contributed by atoms with Gasteiger partial charge in [0.1, 0.15) is 0 Å². The second kappa shape index (κ2) is 7.98. The van der Waals surface area contributed by atoms with Crippen LogP contribution in [0.4, 0.5) is 10.6 Å². The van der Waals surface area contributed by atoms with E-state index >= 15 is 0 Å². The Morgan fingerprint density at radius 3 is 2.61 bits per heavy atom. The van der Waals surface area contributed by atoms with Crippen molar-refractivity contribution in [2.24, 2.45) is 7.05 Å². The van der Waals surface area contributed by atoms with E-state index in [0.29, 0.717) is 18.7 Å². The number of benzene rings is 1. The number of nitrogens with zero attached hydrogens (tertiary/aromatic N) is 2. The van der Waals surface area contributed by atoms with Crippen LogP contribution in [0.1, 0.15) is 18.4 Å². The predicted molar refractivity (Wildman–Crippen MR) is 86.2 cm³/mol. The molecule has 0 radical (unpaired) electrons. The first-order valence-electron chi connectivity index (χ1n) is 7.36. The summed E-state index contributed by atoms with van der Waals surface area (Å²) in [6.07, 6.45) is 2.66. The van der Waals surface area contributed by atoms with Crippen molar-refractivity contribution in [1.29, 1.82) is 0 Å². The molecule has 122 valence electrons. The van der Waals surface area contributed by atoms with E-state index in [2.05, 4.69) is 15.7 Å². The quantitative estimate of drug-likeness (QED) is 0.728. The summed E-state index contributed by atoms with van der Waals surface area (Å²) in [6, 6.07) is 10.7. The number of carbonyl (C=O) groups is 2. The molecule has 1 aromatic heterocycles. The Bertz CT molecular complexity index is 654. The number of carbonyl (C=O) groups excluding carboxylic acids is 1. The number of hydrogen-bond acceptors (Lipinski definition) is 3. The summed E-state index contributed by atoms with van der Waals surface area (Å²) in [6.45, 7) is 0. The third kappa shape index (κ3) is 5.82. The topological polar surface area (TPSA) is 96.2 Å². The smallest absolute Gasteiger partial charge is 0.320 e. The molecule has 0 saturated carbocycles. The Kier molecular flexibility index (Phi) is 5.74. The summed E-state index contributed by atoms with van der Waals surface area (Å²) in [5.74, 6) is -0.434. The van der Waals surface area contributed by atoms with Gasteiger partial charge in [0, 0.05) is 31.8 Å². The minimum absolute atomic E-state index is 0.00136. The highest BCUT2D eigenvalue weighted by atomic mass is 16.4. The molecule has 1 unspecified atom stereocenters. The number of carboxylic acids is 1. The van der Waals surface area contributed by atoms with Gasteiger partial charge in [0.15, 0.2) is 5.82 Å². The van der Waals surface area contributed by atoms with Crippen LogP contribution in [0.5, 0.6) is 0 Å². The number of amides is 2. The maximum absolute atomic E-state index is 12.0. The van der Waals surface area contributed by atoms with E-state index in [0.717, 1.165) is 5.56 Å². The lowest BCUT2D eigenvalue weighted by Crippen LogP contribution is -2.39. The van der Waals surface area contributed by atoms with Crippen molar-refractivity contribution < 1.29 is 14.7 Å². The van der Waals surface area contributed by atoms with Gasteiger partial charge in [0.05, 0.1) is 0 Å². The van der Waals surface area contributed by atoms with E-state index in [1.165, 1.54) is 0 Å². The number of carboxylic acid groups (broad SMARTS) is 1.